The van der Waals surface area contributed by atoms with Crippen LogP contribution in [0.25, 0.3) is 10.2 Å². The van der Waals surface area contributed by atoms with Crippen molar-refractivity contribution in [2.75, 3.05) is 25.2 Å². The summed E-state index contributed by atoms with van der Waals surface area (Å²) in [5, 5.41) is 3.21. The Hall–Kier alpha value is -2.01. The van der Waals surface area contributed by atoms with Crippen LogP contribution in [-0.2, 0) is 14.8 Å². The smallest absolute Gasteiger partial charge is 0.242 e. The van der Waals surface area contributed by atoms with Crippen LogP contribution in [0.15, 0.2) is 52.3 Å². The van der Waals surface area contributed by atoms with E-state index in [1.54, 1.807) is 36.0 Å². The van der Waals surface area contributed by atoms with Gasteiger partial charge in [-0.15, -0.1) is 11.8 Å². The number of benzene rings is 2. The maximum atomic E-state index is 12.9. The lowest BCUT2D eigenvalue weighted by atomic mass is 10.3. The molecule has 3 aromatic rings. The van der Waals surface area contributed by atoms with Gasteiger partial charge >= 0.3 is 0 Å². The van der Waals surface area contributed by atoms with E-state index in [9.17, 15) is 17.6 Å². The summed E-state index contributed by atoms with van der Waals surface area (Å²) in [6.45, 7) is 0. The van der Waals surface area contributed by atoms with Crippen LogP contribution in [0.5, 0.6) is 0 Å². The number of hydrogen-bond acceptors (Lipinski definition) is 6. The number of fused-ring (bicyclic) bond motifs is 1. The van der Waals surface area contributed by atoms with Gasteiger partial charge in [-0.3, -0.25) is 4.79 Å². The molecule has 0 radical (unpaired) electrons. The lowest BCUT2D eigenvalue weighted by molar-refractivity contribution is -0.116. The number of anilines is 1. The van der Waals surface area contributed by atoms with Crippen molar-refractivity contribution in [3.8, 4) is 0 Å². The zero-order valence-electron chi connectivity index (χ0n) is 15.9. The van der Waals surface area contributed by atoms with Crippen LogP contribution >= 0.6 is 23.1 Å². The van der Waals surface area contributed by atoms with Crippen molar-refractivity contribution in [2.45, 2.75) is 22.6 Å². The highest BCUT2D eigenvalue weighted by molar-refractivity contribution is 7.99. The Morgan fingerprint density at radius 2 is 1.93 bits per heavy atom. The highest BCUT2D eigenvalue weighted by atomic mass is 32.2. The molecule has 0 aliphatic carbocycles. The molecular weight excluding hydrogens is 433 g/mol. The average molecular weight is 454 g/mol. The van der Waals surface area contributed by atoms with Gasteiger partial charge in [0.05, 0.1) is 15.1 Å². The van der Waals surface area contributed by atoms with Crippen molar-refractivity contribution < 1.29 is 17.6 Å². The number of hydrogen-bond donors (Lipinski definition) is 1. The highest BCUT2D eigenvalue weighted by Gasteiger charge is 2.18. The molecule has 2 aromatic carbocycles. The molecule has 154 valence electrons. The molecule has 0 unspecified atom stereocenters. The SMILES string of the molecule is CN(C)S(=O)(=O)c1ccc2nc(NC(=O)CCCSc3ccc(F)cc3)sc2c1. The number of amides is 1. The summed E-state index contributed by atoms with van der Waals surface area (Å²) in [7, 11) is -0.564. The Morgan fingerprint density at radius 1 is 1.21 bits per heavy atom. The number of thiazole rings is 1. The van der Waals surface area contributed by atoms with E-state index in [1.807, 2.05) is 0 Å². The maximum Gasteiger partial charge on any atom is 0.242 e. The average Bonchev–Trinajstić information content (AvgIpc) is 3.07. The summed E-state index contributed by atoms with van der Waals surface area (Å²) >= 11 is 2.81. The van der Waals surface area contributed by atoms with Crippen LogP contribution in [0.2, 0.25) is 0 Å². The van der Waals surface area contributed by atoms with E-state index in [2.05, 4.69) is 10.3 Å². The fraction of sp³-hybridized carbons (Fsp3) is 0.263. The van der Waals surface area contributed by atoms with Gasteiger partial charge in [0, 0.05) is 25.4 Å². The minimum absolute atomic E-state index is 0.148. The summed E-state index contributed by atoms with van der Waals surface area (Å²) in [6, 6.07) is 11.0. The van der Waals surface area contributed by atoms with E-state index >= 15 is 0 Å². The third-order valence-corrected chi connectivity index (χ3v) is 7.86. The van der Waals surface area contributed by atoms with Gasteiger partial charge in [0.2, 0.25) is 15.9 Å². The summed E-state index contributed by atoms with van der Waals surface area (Å²) in [4.78, 5) is 17.6. The zero-order valence-corrected chi connectivity index (χ0v) is 18.3. The number of halogens is 1. The quantitative estimate of drug-likeness (QED) is 0.409. The van der Waals surface area contributed by atoms with Crippen LogP contribution in [0.3, 0.4) is 0 Å². The predicted octanol–water partition coefficient (Wildman–Crippen LogP) is 4.20. The summed E-state index contributed by atoms with van der Waals surface area (Å²) < 4.78 is 39.2. The normalized spacial score (nSPS) is 11.9. The van der Waals surface area contributed by atoms with Crippen molar-refractivity contribution in [2.24, 2.45) is 0 Å². The first kappa shape index (κ1) is 21.7. The number of nitrogens with zero attached hydrogens (tertiary/aromatic N) is 2. The van der Waals surface area contributed by atoms with Crippen LogP contribution in [0.4, 0.5) is 9.52 Å². The van der Waals surface area contributed by atoms with Gasteiger partial charge in [0.15, 0.2) is 5.13 Å². The van der Waals surface area contributed by atoms with E-state index in [-0.39, 0.29) is 16.6 Å². The molecule has 0 atom stereocenters. The molecular formula is C19H20FN3O3S3. The van der Waals surface area contributed by atoms with Crippen molar-refractivity contribution in [1.82, 2.24) is 9.29 Å². The topological polar surface area (TPSA) is 79.4 Å². The van der Waals surface area contributed by atoms with Gasteiger partial charge in [0.25, 0.3) is 0 Å². The van der Waals surface area contributed by atoms with Gasteiger partial charge in [0.1, 0.15) is 5.82 Å². The van der Waals surface area contributed by atoms with Gasteiger partial charge in [-0.05, 0) is 54.6 Å². The third-order valence-electron chi connectivity index (χ3n) is 4.02. The second kappa shape index (κ2) is 9.21. The van der Waals surface area contributed by atoms with Crippen molar-refractivity contribution in [1.29, 1.82) is 0 Å². The predicted molar refractivity (Wildman–Crippen MR) is 115 cm³/mol. The Bertz CT molecular complexity index is 1110. The molecule has 29 heavy (non-hydrogen) atoms. The van der Waals surface area contributed by atoms with Crippen LogP contribution in [-0.4, -0.2) is 43.5 Å². The first-order valence-corrected chi connectivity index (χ1v) is 12.0. The maximum absolute atomic E-state index is 12.9. The summed E-state index contributed by atoms with van der Waals surface area (Å²) in [5.41, 5.74) is 0.634. The van der Waals surface area contributed by atoms with Crippen LogP contribution < -0.4 is 5.32 Å². The van der Waals surface area contributed by atoms with Crippen molar-refractivity contribution >= 4 is 54.4 Å². The van der Waals surface area contributed by atoms with E-state index < -0.39 is 10.0 Å². The fourth-order valence-corrected chi connectivity index (χ4v) is 5.24. The molecule has 1 heterocycles. The van der Waals surface area contributed by atoms with Crippen molar-refractivity contribution in [3.05, 3.63) is 48.3 Å². The molecule has 0 fully saturated rings. The third kappa shape index (κ3) is 5.53. The molecule has 0 aliphatic rings. The van der Waals surface area contributed by atoms with E-state index in [4.69, 9.17) is 0 Å². The van der Waals surface area contributed by atoms with E-state index in [0.717, 1.165) is 15.0 Å². The monoisotopic (exact) mass is 453 g/mol. The number of nitrogens with one attached hydrogen (secondary N) is 1. The van der Waals surface area contributed by atoms with Crippen LogP contribution in [0, 0.1) is 5.82 Å². The second-order valence-electron chi connectivity index (χ2n) is 6.39. The molecule has 3 rings (SSSR count). The van der Waals surface area contributed by atoms with E-state index in [1.165, 1.54) is 43.6 Å². The molecule has 10 heteroatoms. The lowest BCUT2D eigenvalue weighted by Crippen LogP contribution is -2.22. The minimum Gasteiger partial charge on any atom is -0.302 e. The number of thioether (sulfide) groups is 1. The minimum atomic E-state index is -3.52. The van der Waals surface area contributed by atoms with Gasteiger partial charge in [-0.25, -0.2) is 22.1 Å². The Labute approximate surface area is 177 Å². The Kier molecular flexibility index (Phi) is 6.89. The molecule has 1 amide bonds. The Balaban J connectivity index is 1.55. The first-order chi connectivity index (χ1) is 13.8. The van der Waals surface area contributed by atoms with Gasteiger partial charge < -0.3 is 5.32 Å². The summed E-state index contributed by atoms with van der Waals surface area (Å²) in [5.74, 6) is 0.325. The molecule has 0 saturated heterocycles. The van der Waals surface area contributed by atoms with Crippen LogP contribution in [0.1, 0.15) is 12.8 Å². The highest BCUT2D eigenvalue weighted by Crippen LogP contribution is 2.29. The van der Waals surface area contributed by atoms with Crippen molar-refractivity contribution in [3.63, 3.8) is 0 Å². The number of aromatic nitrogens is 1. The van der Waals surface area contributed by atoms with Gasteiger partial charge in [-0.2, -0.15) is 0 Å². The number of carbonyl (C=O) groups is 1. The molecule has 6 nitrogen and oxygen atoms in total. The van der Waals surface area contributed by atoms with E-state index in [0.29, 0.717) is 28.2 Å². The second-order valence-corrected chi connectivity index (χ2v) is 10.7. The molecule has 1 aromatic heterocycles. The fourth-order valence-electron chi connectivity index (χ4n) is 2.47. The Morgan fingerprint density at radius 3 is 2.62 bits per heavy atom. The largest absolute Gasteiger partial charge is 0.302 e. The molecule has 0 saturated carbocycles. The molecule has 1 N–H and O–H groups in total. The standard InChI is InChI=1S/C19H20FN3O3S3/c1-23(2)29(25,26)15-9-10-16-17(12-15)28-19(21-16)22-18(24)4-3-11-27-14-7-5-13(20)6-8-14/h5-10,12H,3-4,11H2,1-2H3,(H,21,22,24). The molecule has 0 bridgehead atoms. The lowest BCUT2D eigenvalue weighted by Gasteiger charge is -2.10. The number of sulfonamides is 1. The zero-order chi connectivity index (χ0) is 21.0. The molecule has 0 aliphatic heterocycles. The number of carbonyl (C=O) groups excluding carboxylic acids is 1. The summed E-state index contributed by atoms with van der Waals surface area (Å²) in [6.07, 6.45) is 1.01. The number of rotatable bonds is 8. The molecule has 0 spiro atoms. The van der Waals surface area contributed by atoms with Gasteiger partial charge in [-0.1, -0.05) is 11.3 Å². The first-order valence-electron chi connectivity index (χ1n) is 8.77.